The number of rotatable bonds is 2. The van der Waals surface area contributed by atoms with E-state index >= 15 is 0 Å². The number of aryl methyl sites for hydroxylation is 1. The summed E-state index contributed by atoms with van der Waals surface area (Å²) >= 11 is 5.42. The normalized spacial score (nSPS) is 11.5. The molecule has 3 aromatic rings. The van der Waals surface area contributed by atoms with E-state index in [2.05, 4.69) is 31.0 Å². The first-order chi connectivity index (χ1) is 9.97. The molecule has 0 fully saturated rings. The number of aromatic nitrogens is 2. The molecule has 0 saturated heterocycles. The maximum atomic E-state index is 13.7. The third-order valence-corrected chi connectivity index (χ3v) is 4.04. The zero-order valence-electron chi connectivity index (χ0n) is 12.3. The molecule has 0 amide bonds. The highest BCUT2D eigenvalue weighted by atomic mass is 32.1. The molecule has 3 rings (SSSR count). The zero-order chi connectivity index (χ0) is 15.1. The maximum Gasteiger partial charge on any atom is 0.182 e. The first-order valence-corrected chi connectivity index (χ1v) is 7.39. The standard InChI is InChI=1S/C17H17FN2S/c1-10(2)12-5-4-6-13(8-12)20-16-7-11(3)14(18)9-15(16)19-17(20)21/h4-10H,1-3H3,(H,19,21). The van der Waals surface area contributed by atoms with E-state index in [1.165, 1.54) is 11.6 Å². The summed E-state index contributed by atoms with van der Waals surface area (Å²) in [6.45, 7) is 6.08. The van der Waals surface area contributed by atoms with Crippen LogP contribution in [0.4, 0.5) is 4.39 Å². The first-order valence-electron chi connectivity index (χ1n) is 6.98. The van der Waals surface area contributed by atoms with Crippen molar-refractivity contribution in [2.75, 3.05) is 0 Å². The van der Waals surface area contributed by atoms with Gasteiger partial charge in [0.15, 0.2) is 4.77 Å². The van der Waals surface area contributed by atoms with E-state index in [0.29, 0.717) is 16.3 Å². The molecule has 1 aromatic heterocycles. The van der Waals surface area contributed by atoms with Gasteiger partial charge in [-0.15, -0.1) is 0 Å². The van der Waals surface area contributed by atoms with Crippen molar-refractivity contribution in [1.82, 2.24) is 9.55 Å². The fourth-order valence-electron chi connectivity index (χ4n) is 2.51. The number of benzene rings is 2. The highest BCUT2D eigenvalue weighted by molar-refractivity contribution is 7.71. The number of imidazole rings is 1. The topological polar surface area (TPSA) is 20.7 Å². The molecule has 108 valence electrons. The quantitative estimate of drug-likeness (QED) is 0.640. The minimum atomic E-state index is -0.221. The minimum absolute atomic E-state index is 0.221. The lowest BCUT2D eigenvalue weighted by atomic mass is 10.0. The van der Waals surface area contributed by atoms with Crippen molar-refractivity contribution >= 4 is 23.3 Å². The van der Waals surface area contributed by atoms with Crippen molar-refractivity contribution in [2.24, 2.45) is 0 Å². The van der Waals surface area contributed by atoms with E-state index in [1.54, 1.807) is 6.92 Å². The Hall–Kier alpha value is -1.94. The Balaban J connectivity index is 2.30. The molecule has 0 radical (unpaired) electrons. The molecule has 0 atom stereocenters. The predicted octanol–water partition coefficient (Wildman–Crippen LogP) is 5.26. The Morgan fingerprint density at radius 3 is 2.67 bits per heavy atom. The molecular weight excluding hydrogens is 283 g/mol. The highest BCUT2D eigenvalue weighted by Gasteiger charge is 2.10. The second kappa shape index (κ2) is 5.11. The third-order valence-electron chi connectivity index (χ3n) is 3.76. The van der Waals surface area contributed by atoms with Crippen molar-refractivity contribution < 1.29 is 4.39 Å². The lowest BCUT2D eigenvalue weighted by Gasteiger charge is -2.10. The van der Waals surface area contributed by atoms with Gasteiger partial charge < -0.3 is 4.98 Å². The monoisotopic (exact) mass is 300 g/mol. The van der Waals surface area contributed by atoms with Gasteiger partial charge in [0, 0.05) is 5.69 Å². The molecule has 4 heteroatoms. The van der Waals surface area contributed by atoms with E-state index in [0.717, 1.165) is 16.7 Å². The number of nitrogens with zero attached hydrogens (tertiary/aromatic N) is 1. The Morgan fingerprint density at radius 1 is 1.19 bits per heavy atom. The SMILES string of the molecule is Cc1cc2c(cc1F)[nH]c(=S)n2-c1cccc(C(C)C)c1. The first kappa shape index (κ1) is 14.0. The van der Waals surface area contributed by atoms with Crippen molar-refractivity contribution in [3.8, 4) is 5.69 Å². The fraction of sp³-hybridized carbons (Fsp3) is 0.235. The summed E-state index contributed by atoms with van der Waals surface area (Å²) in [6, 6.07) is 11.6. The molecule has 0 unspecified atom stereocenters. The van der Waals surface area contributed by atoms with Gasteiger partial charge in [-0.25, -0.2) is 4.39 Å². The molecule has 21 heavy (non-hydrogen) atoms. The number of nitrogens with one attached hydrogen (secondary N) is 1. The molecular formula is C17H17FN2S. The smallest absolute Gasteiger partial charge is 0.182 e. The van der Waals surface area contributed by atoms with Crippen LogP contribution >= 0.6 is 12.2 Å². The van der Waals surface area contributed by atoms with Gasteiger partial charge in [0.25, 0.3) is 0 Å². The average molecular weight is 300 g/mol. The van der Waals surface area contributed by atoms with Crippen LogP contribution < -0.4 is 0 Å². The Labute approximate surface area is 128 Å². The number of H-pyrrole nitrogens is 1. The van der Waals surface area contributed by atoms with E-state index in [4.69, 9.17) is 12.2 Å². The van der Waals surface area contributed by atoms with Gasteiger partial charge >= 0.3 is 0 Å². The molecule has 2 nitrogen and oxygen atoms in total. The van der Waals surface area contributed by atoms with E-state index < -0.39 is 0 Å². The summed E-state index contributed by atoms with van der Waals surface area (Å²) in [7, 11) is 0. The van der Waals surface area contributed by atoms with Gasteiger partial charge in [-0.1, -0.05) is 26.0 Å². The minimum Gasteiger partial charge on any atom is -0.330 e. The van der Waals surface area contributed by atoms with Crippen LogP contribution in [0.2, 0.25) is 0 Å². The third kappa shape index (κ3) is 2.40. The molecule has 0 aliphatic rings. The van der Waals surface area contributed by atoms with Gasteiger partial charge in [-0.05, 0) is 60.5 Å². The zero-order valence-corrected chi connectivity index (χ0v) is 13.1. The summed E-state index contributed by atoms with van der Waals surface area (Å²) < 4.78 is 16.2. The van der Waals surface area contributed by atoms with Crippen LogP contribution in [0.3, 0.4) is 0 Å². The summed E-state index contributed by atoms with van der Waals surface area (Å²) in [5, 5.41) is 0. The van der Waals surface area contributed by atoms with Crippen LogP contribution in [0.5, 0.6) is 0 Å². The van der Waals surface area contributed by atoms with Crippen LogP contribution in [0.15, 0.2) is 36.4 Å². The van der Waals surface area contributed by atoms with Crippen molar-refractivity contribution in [3.63, 3.8) is 0 Å². The molecule has 2 aromatic carbocycles. The molecule has 0 aliphatic heterocycles. The summed E-state index contributed by atoms with van der Waals surface area (Å²) in [5.41, 5.74) is 4.49. The maximum absolute atomic E-state index is 13.7. The van der Waals surface area contributed by atoms with Crippen molar-refractivity contribution in [3.05, 3.63) is 58.1 Å². The number of fused-ring (bicyclic) bond motifs is 1. The highest BCUT2D eigenvalue weighted by Crippen LogP contribution is 2.24. The molecule has 0 aliphatic carbocycles. The van der Waals surface area contributed by atoms with Crippen molar-refractivity contribution in [2.45, 2.75) is 26.7 Å². The Bertz CT molecular complexity index is 874. The predicted molar refractivity (Wildman–Crippen MR) is 87.2 cm³/mol. The number of hydrogen-bond donors (Lipinski definition) is 1. The van der Waals surface area contributed by atoms with Gasteiger partial charge in [-0.2, -0.15) is 0 Å². The Morgan fingerprint density at radius 2 is 1.95 bits per heavy atom. The Kier molecular flexibility index (Phi) is 3.41. The lowest BCUT2D eigenvalue weighted by molar-refractivity contribution is 0.620. The molecule has 0 bridgehead atoms. The van der Waals surface area contributed by atoms with Crippen LogP contribution in [-0.4, -0.2) is 9.55 Å². The number of halogens is 1. The van der Waals surface area contributed by atoms with E-state index in [1.807, 2.05) is 22.8 Å². The van der Waals surface area contributed by atoms with E-state index in [9.17, 15) is 4.39 Å². The second-order valence-corrected chi connectivity index (χ2v) is 6.02. The summed E-state index contributed by atoms with van der Waals surface area (Å²) in [4.78, 5) is 3.08. The van der Waals surface area contributed by atoms with Crippen LogP contribution in [0.1, 0.15) is 30.9 Å². The van der Waals surface area contributed by atoms with Gasteiger partial charge in [0.1, 0.15) is 5.82 Å². The van der Waals surface area contributed by atoms with Crippen LogP contribution in [0, 0.1) is 17.5 Å². The van der Waals surface area contributed by atoms with Crippen LogP contribution in [-0.2, 0) is 0 Å². The number of hydrogen-bond acceptors (Lipinski definition) is 1. The molecule has 0 saturated carbocycles. The average Bonchev–Trinajstić information content (AvgIpc) is 2.74. The van der Waals surface area contributed by atoms with Crippen molar-refractivity contribution in [1.29, 1.82) is 0 Å². The number of aromatic amines is 1. The van der Waals surface area contributed by atoms with Gasteiger partial charge in [-0.3, -0.25) is 4.57 Å². The second-order valence-electron chi connectivity index (χ2n) is 5.63. The molecule has 1 N–H and O–H groups in total. The largest absolute Gasteiger partial charge is 0.330 e. The lowest BCUT2D eigenvalue weighted by Crippen LogP contribution is -1.97. The van der Waals surface area contributed by atoms with E-state index in [-0.39, 0.29) is 5.82 Å². The fourth-order valence-corrected chi connectivity index (χ4v) is 2.82. The summed E-state index contributed by atoms with van der Waals surface area (Å²) in [6.07, 6.45) is 0. The van der Waals surface area contributed by atoms with Gasteiger partial charge in [0.2, 0.25) is 0 Å². The van der Waals surface area contributed by atoms with Crippen LogP contribution in [0.25, 0.3) is 16.7 Å². The molecule has 0 spiro atoms. The van der Waals surface area contributed by atoms with Gasteiger partial charge in [0.05, 0.1) is 11.0 Å². The summed E-state index contributed by atoms with van der Waals surface area (Å²) in [5.74, 6) is 0.227. The molecule has 1 heterocycles.